The maximum absolute atomic E-state index is 14.7. The average Bonchev–Trinajstić information content (AvgIpc) is 3.13. The van der Waals surface area contributed by atoms with Crippen molar-refractivity contribution in [1.29, 1.82) is 0 Å². The van der Waals surface area contributed by atoms with Crippen LogP contribution in [0.5, 0.6) is 0 Å². The Labute approximate surface area is 185 Å². The van der Waals surface area contributed by atoms with E-state index in [2.05, 4.69) is 20.1 Å². The maximum Gasteiger partial charge on any atom is 1.00 e. The third-order valence-electron chi connectivity index (χ3n) is 4.32. The Morgan fingerprint density at radius 3 is 2.59 bits per heavy atom. The van der Waals surface area contributed by atoms with Crippen LogP contribution < -0.4 is 34.7 Å². The van der Waals surface area contributed by atoms with Crippen LogP contribution in [-0.2, 0) is 16.9 Å². The molecule has 0 aliphatic carbocycles. The first kappa shape index (κ1) is 22.8. The van der Waals surface area contributed by atoms with Gasteiger partial charge in [0.05, 0.1) is 18.4 Å². The standard InChI is InChI=1S/C17H14F3N5O3.Na/c1-10(15-14(20)5-21-7-23-15)17(28-16(26)27,6-25-9-22-8-24-25)12-3-2-11(18)4-13(12)19;/h2-5,7-10H,6H2,1H3,(H,26,27);/q;+1/p-1/t10-,17+;/m0./s1. The molecule has 0 unspecified atom stereocenters. The molecule has 0 N–H and O–H groups in total. The van der Waals surface area contributed by atoms with Gasteiger partial charge in [0.25, 0.3) is 6.16 Å². The number of halogens is 3. The number of hydrogen-bond acceptors (Lipinski definition) is 7. The summed E-state index contributed by atoms with van der Waals surface area (Å²) in [7, 11) is 0. The van der Waals surface area contributed by atoms with Crippen molar-refractivity contribution in [2.24, 2.45) is 0 Å². The van der Waals surface area contributed by atoms with Crippen LogP contribution in [-0.4, -0.2) is 30.9 Å². The summed E-state index contributed by atoms with van der Waals surface area (Å²) in [6, 6.07) is 2.50. The number of carboxylic acid groups (broad SMARTS) is 1. The molecular formula is C17H13F3N5NaO3. The number of rotatable bonds is 6. The fourth-order valence-corrected chi connectivity index (χ4v) is 3.03. The Morgan fingerprint density at radius 2 is 2.00 bits per heavy atom. The molecule has 0 bridgehead atoms. The summed E-state index contributed by atoms with van der Waals surface area (Å²) < 4.78 is 48.7. The smallest absolute Gasteiger partial charge is 0.536 e. The summed E-state index contributed by atoms with van der Waals surface area (Å²) >= 11 is 0. The van der Waals surface area contributed by atoms with Crippen molar-refractivity contribution in [3.8, 4) is 0 Å². The molecule has 2 aromatic heterocycles. The van der Waals surface area contributed by atoms with Gasteiger partial charge in [0.1, 0.15) is 36.2 Å². The predicted octanol–water partition coefficient (Wildman–Crippen LogP) is -1.45. The van der Waals surface area contributed by atoms with Crippen LogP contribution in [0, 0.1) is 17.5 Å². The predicted molar refractivity (Wildman–Crippen MR) is 84.9 cm³/mol. The zero-order chi connectivity index (χ0) is 20.3. The molecule has 8 nitrogen and oxygen atoms in total. The topological polar surface area (TPSA) is 106 Å². The van der Waals surface area contributed by atoms with Crippen molar-refractivity contribution in [2.45, 2.75) is 25.0 Å². The van der Waals surface area contributed by atoms with Crippen molar-refractivity contribution in [3.05, 3.63) is 72.1 Å². The van der Waals surface area contributed by atoms with Gasteiger partial charge in [-0.2, -0.15) is 5.10 Å². The normalized spacial score (nSPS) is 13.8. The summed E-state index contributed by atoms with van der Waals surface area (Å²) in [5.74, 6) is -4.02. The third-order valence-corrected chi connectivity index (χ3v) is 4.32. The van der Waals surface area contributed by atoms with Crippen LogP contribution in [0.4, 0.5) is 18.0 Å². The van der Waals surface area contributed by atoms with Gasteiger partial charge >= 0.3 is 29.6 Å². The summed E-state index contributed by atoms with van der Waals surface area (Å²) in [6.07, 6.45) is 2.33. The molecule has 0 fully saturated rings. The Kier molecular flexibility index (Phi) is 7.33. The summed E-state index contributed by atoms with van der Waals surface area (Å²) in [5, 5.41) is 15.3. The van der Waals surface area contributed by atoms with Crippen molar-refractivity contribution in [1.82, 2.24) is 24.7 Å². The van der Waals surface area contributed by atoms with Gasteiger partial charge in [-0.15, -0.1) is 0 Å². The second kappa shape index (κ2) is 9.33. The molecule has 1 aromatic carbocycles. The van der Waals surface area contributed by atoms with Crippen LogP contribution in [0.2, 0.25) is 0 Å². The molecule has 0 aliphatic heterocycles. The molecule has 29 heavy (non-hydrogen) atoms. The van der Waals surface area contributed by atoms with E-state index in [9.17, 15) is 23.1 Å². The van der Waals surface area contributed by atoms with E-state index in [4.69, 9.17) is 4.74 Å². The quantitative estimate of drug-likeness (QED) is 0.358. The number of nitrogens with zero attached hydrogens (tertiary/aromatic N) is 5. The molecule has 2 heterocycles. The van der Waals surface area contributed by atoms with Crippen LogP contribution in [0.1, 0.15) is 24.1 Å². The largest absolute Gasteiger partial charge is 1.00 e. The Bertz CT molecular complexity index is 992. The molecule has 12 heteroatoms. The minimum Gasteiger partial charge on any atom is -0.536 e. The van der Waals surface area contributed by atoms with Crippen molar-refractivity contribution >= 4 is 6.16 Å². The van der Waals surface area contributed by atoms with Gasteiger partial charge in [-0.3, -0.25) is 4.68 Å². The minimum absolute atomic E-state index is 0. The van der Waals surface area contributed by atoms with Crippen LogP contribution in [0.25, 0.3) is 0 Å². The average molecular weight is 415 g/mol. The van der Waals surface area contributed by atoms with Crippen LogP contribution in [0.3, 0.4) is 0 Å². The van der Waals surface area contributed by atoms with Gasteiger partial charge in [-0.1, -0.05) is 13.0 Å². The first-order chi connectivity index (χ1) is 13.3. The molecular weight excluding hydrogens is 402 g/mol. The summed E-state index contributed by atoms with van der Waals surface area (Å²) in [4.78, 5) is 22.5. The van der Waals surface area contributed by atoms with Crippen molar-refractivity contribution < 1.29 is 57.4 Å². The number of carbonyl (C=O) groups is 1. The zero-order valence-corrected chi connectivity index (χ0v) is 17.4. The van der Waals surface area contributed by atoms with E-state index >= 15 is 0 Å². The molecule has 0 radical (unpaired) electrons. The van der Waals surface area contributed by atoms with Crippen molar-refractivity contribution in [2.75, 3.05) is 0 Å². The molecule has 0 saturated heterocycles. The Hall–Kier alpha value is -2.50. The van der Waals surface area contributed by atoms with E-state index in [0.717, 1.165) is 24.7 Å². The molecule has 2 atom stereocenters. The fourth-order valence-electron chi connectivity index (χ4n) is 3.03. The number of aromatic nitrogens is 5. The molecule has 146 valence electrons. The maximum atomic E-state index is 14.7. The van der Waals surface area contributed by atoms with Gasteiger partial charge in [0.2, 0.25) is 0 Å². The van der Waals surface area contributed by atoms with E-state index < -0.39 is 41.7 Å². The molecule has 3 rings (SSSR count). The Morgan fingerprint density at radius 1 is 1.24 bits per heavy atom. The van der Waals surface area contributed by atoms with Crippen LogP contribution in [0.15, 0.2) is 43.4 Å². The molecule has 0 amide bonds. The Balaban J connectivity index is 0.00000300. The van der Waals surface area contributed by atoms with E-state index in [-0.39, 0.29) is 40.8 Å². The van der Waals surface area contributed by atoms with E-state index in [1.54, 1.807) is 0 Å². The van der Waals surface area contributed by atoms with Gasteiger partial charge in [0, 0.05) is 17.5 Å². The van der Waals surface area contributed by atoms with Gasteiger partial charge in [0.15, 0.2) is 5.82 Å². The third kappa shape index (κ3) is 4.74. The monoisotopic (exact) mass is 415 g/mol. The molecule has 3 aromatic rings. The number of carbonyl (C=O) groups excluding carboxylic acids is 1. The number of benzene rings is 1. The SMILES string of the molecule is C[C@@H](c1ncncc1F)[C@@](Cn1cncn1)(OC(=O)[O-])c1ccc(F)cc1F.[Na+]. The second-order valence-corrected chi connectivity index (χ2v) is 5.94. The fraction of sp³-hybridized carbons (Fsp3) is 0.235. The van der Waals surface area contributed by atoms with Gasteiger partial charge in [-0.25, -0.2) is 28.1 Å². The van der Waals surface area contributed by atoms with Gasteiger partial charge in [-0.05, 0) is 6.07 Å². The van der Waals surface area contributed by atoms with E-state index in [1.807, 2.05) is 0 Å². The number of ether oxygens (including phenoxy) is 1. The summed E-state index contributed by atoms with van der Waals surface area (Å²) in [5.41, 5.74) is -2.68. The number of hydrogen-bond donors (Lipinski definition) is 0. The van der Waals surface area contributed by atoms with Gasteiger partial charge < -0.3 is 14.6 Å². The first-order valence-corrected chi connectivity index (χ1v) is 7.97. The molecule has 0 saturated carbocycles. The second-order valence-electron chi connectivity index (χ2n) is 5.94. The minimum atomic E-state index is -2.10. The van der Waals surface area contributed by atoms with Crippen LogP contribution >= 0.6 is 0 Å². The van der Waals surface area contributed by atoms with Crippen molar-refractivity contribution in [3.63, 3.8) is 0 Å². The molecule has 0 aliphatic rings. The van der Waals surface area contributed by atoms with E-state index in [0.29, 0.717) is 6.07 Å². The first-order valence-electron chi connectivity index (χ1n) is 7.97. The van der Waals surface area contributed by atoms with E-state index in [1.165, 1.54) is 24.3 Å². The zero-order valence-electron chi connectivity index (χ0n) is 15.4. The molecule has 0 spiro atoms. The summed E-state index contributed by atoms with van der Waals surface area (Å²) in [6.45, 7) is 0.974.